The summed E-state index contributed by atoms with van der Waals surface area (Å²) in [5.74, 6) is -0.904. The molecule has 0 spiro atoms. The van der Waals surface area contributed by atoms with Crippen molar-refractivity contribution in [3.05, 3.63) is 0 Å². The smallest absolute Gasteiger partial charge is 0.306 e. The number of rotatable bonds is 47. The van der Waals surface area contributed by atoms with E-state index in [9.17, 15) is 45.3 Å². The molecule has 2 heterocycles. The van der Waals surface area contributed by atoms with E-state index in [4.69, 9.17) is 28.4 Å². The van der Waals surface area contributed by atoms with Crippen molar-refractivity contribution < 1.29 is 73.8 Å². The average molecular weight is 1020 g/mol. The molecule has 0 aliphatic carbocycles. The van der Waals surface area contributed by atoms with Gasteiger partial charge in [-0.3, -0.25) is 9.59 Å². The van der Waals surface area contributed by atoms with Crippen molar-refractivity contribution in [1.82, 2.24) is 0 Å². The van der Waals surface area contributed by atoms with Gasteiger partial charge in [-0.05, 0) is 12.8 Å². The van der Waals surface area contributed by atoms with Gasteiger partial charge in [0.2, 0.25) is 0 Å². The summed E-state index contributed by atoms with van der Waals surface area (Å²) in [6, 6.07) is 0. The van der Waals surface area contributed by atoms with E-state index in [-0.39, 0.29) is 26.1 Å². The van der Waals surface area contributed by atoms with Crippen LogP contribution in [0.4, 0.5) is 0 Å². The van der Waals surface area contributed by atoms with Gasteiger partial charge in [0.1, 0.15) is 55.4 Å². The van der Waals surface area contributed by atoms with E-state index in [1.807, 2.05) is 0 Å². The summed E-state index contributed by atoms with van der Waals surface area (Å²) in [6.07, 6.45) is 26.9. The maximum Gasteiger partial charge on any atom is 0.306 e. The van der Waals surface area contributed by atoms with Crippen LogP contribution in [0.3, 0.4) is 0 Å². The molecule has 11 atom stereocenters. The van der Waals surface area contributed by atoms with Crippen molar-refractivity contribution in [2.24, 2.45) is 0 Å². The Morgan fingerprint density at radius 3 is 1.10 bits per heavy atom. The second-order valence-corrected chi connectivity index (χ2v) is 20.8. The third-order valence-electron chi connectivity index (χ3n) is 14.3. The molecule has 7 N–H and O–H groups in total. The number of hydrogen-bond donors (Lipinski definition) is 7. The third-order valence-corrected chi connectivity index (χ3v) is 14.3. The Morgan fingerprint density at radius 2 is 0.718 bits per heavy atom. The summed E-state index contributed by atoms with van der Waals surface area (Å²) >= 11 is 0. The minimum Gasteiger partial charge on any atom is -0.462 e. The van der Waals surface area contributed by atoms with Gasteiger partial charge < -0.3 is 64.2 Å². The monoisotopic (exact) mass is 1020 g/mol. The van der Waals surface area contributed by atoms with E-state index in [1.165, 1.54) is 173 Å². The van der Waals surface area contributed by atoms with Gasteiger partial charge in [0, 0.05) is 12.8 Å². The maximum absolute atomic E-state index is 13.1. The van der Waals surface area contributed by atoms with Crippen LogP contribution in [0.25, 0.3) is 0 Å². The topological polar surface area (TPSA) is 231 Å². The predicted molar refractivity (Wildman–Crippen MR) is 275 cm³/mol. The number of carbonyl (C=O) groups excluding carboxylic acids is 2. The summed E-state index contributed by atoms with van der Waals surface area (Å²) < 4.78 is 33.7. The Bertz CT molecular complexity index is 1240. The Balaban J connectivity index is 1.75. The minimum atomic E-state index is -1.76. The highest BCUT2D eigenvalue weighted by Crippen LogP contribution is 2.27. The van der Waals surface area contributed by atoms with Crippen LogP contribution in [0, 0.1) is 0 Å². The quantitative estimate of drug-likeness (QED) is 0.0222. The highest BCUT2D eigenvalue weighted by Gasteiger charge is 2.47. The lowest BCUT2D eigenvalue weighted by molar-refractivity contribution is -0.332. The van der Waals surface area contributed by atoms with E-state index >= 15 is 0 Å². The molecule has 2 saturated heterocycles. The fourth-order valence-corrected chi connectivity index (χ4v) is 9.57. The molecule has 0 amide bonds. The summed E-state index contributed by atoms with van der Waals surface area (Å²) in [5.41, 5.74) is 0. The molecular weight excluding hydrogens is 913 g/mol. The van der Waals surface area contributed by atoms with Crippen molar-refractivity contribution in [1.29, 1.82) is 0 Å². The van der Waals surface area contributed by atoms with Gasteiger partial charge in [0.15, 0.2) is 18.7 Å². The van der Waals surface area contributed by atoms with E-state index in [0.29, 0.717) is 12.8 Å². The molecule has 2 fully saturated rings. The molecule has 15 nitrogen and oxygen atoms in total. The largest absolute Gasteiger partial charge is 0.462 e. The summed E-state index contributed by atoms with van der Waals surface area (Å²) in [5, 5.41) is 72.2. The van der Waals surface area contributed by atoms with Gasteiger partial charge in [-0.15, -0.1) is 0 Å². The molecule has 420 valence electrons. The van der Waals surface area contributed by atoms with Crippen molar-refractivity contribution >= 4 is 11.9 Å². The molecule has 2 aliphatic heterocycles. The van der Waals surface area contributed by atoms with E-state index in [1.54, 1.807) is 0 Å². The van der Waals surface area contributed by atoms with Gasteiger partial charge in [0.25, 0.3) is 0 Å². The number of unbranched alkanes of at least 4 members (excludes halogenated alkanes) is 33. The molecule has 0 aromatic rings. The van der Waals surface area contributed by atoms with E-state index < -0.39 is 92.7 Å². The van der Waals surface area contributed by atoms with E-state index in [0.717, 1.165) is 38.5 Å². The van der Waals surface area contributed by atoms with Crippen molar-refractivity contribution in [2.75, 3.05) is 26.4 Å². The van der Waals surface area contributed by atoms with Crippen LogP contribution in [-0.2, 0) is 38.0 Å². The minimum absolute atomic E-state index is 0.174. The van der Waals surface area contributed by atoms with Gasteiger partial charge in [0.05, 0.1) is 19.8 Å². The number of ether oxygens (including phenoxy) is 6. The molecule has 0 saturated carbocycles. The molecule has 2 aliphatic rings. The van der Waals surface area contributed by atoms with Gasteiger partial charge in [-0.25, -0.2) is 0 Å². The molecule has 0 aromatic heterocycles. The predicted octanol–water partition coefficient (Wildman–Crippen LogP) is 9.56. The molecule has 0 aromatic carbocycles. The number of aliphatic hydroxyl groups excluding tert-OH is 7. The number of aliphatic hydroxyl groups is 7. The summed E-state index contributed by atoms with van der Waals surface area (Å²) in [6.45, 7) is 2.66. The zero-order valence-electron chi connectivity index (χ0n) is 44.7. The number of carbonyl (C=O) groups is 2. The van der Waals surface area contributed by atoms with Crippen LogP contribution >= 0.6 is 0 Å². The molecule has 0 bridgehead atoms. The van der Waals surface area contributed by atoms with Gasteiger partial charge in [-0.2, -0.15) is 0 Å². The molecule has 11 unspecified atom stereocenters. The number of esters is 2. The van der Waals surface area contributed by atoms with E-state index in [2.05, 4.69) is 13.8 Å². The molecule has 71 heavy (non-hydrogen) atoms. The first kappa shape index (κ1) is 65.6. The molecule has 15 heteroatoms. The zero-order valence-corrected chi connectivity index (χ0v) is 44.7. The molecule has 2 rings (SSSR count). The maximum atomic E-state index is 13.1. The summed E-state index contributed by atoms with van der Waals surface area (Å²) in [4.78, 5) is 25.9. The fraction of sp³-hybridized carbons (Fsp3) is 0.964. The standard InChI is InChI=1S/C56H106O15/c1-3-5-7-9-11-13-15-17-19-21-22-23-25-27-29-31-33-35-37-39-48(59)69-44(41-66-47(58)38-36-34-32-30-28-26-24-20-18-16-14-12-10-8-6-4-2)42-67-55-54(65)52(63)50(61)46(71-55)43-68-56-53(64)51(62)49(60)45(40-57)70-56/h44-46,49-57,60-65H,3-43H2,1-2H3. The lowest BCUT2D eigenvalue weighted by Crippen LogP contribution is -2.61. The van der Waals surface area contributed by atoms with Crippen LogP contribution in [0.15, 0.2) is 0 Å². The lowest BCUT2D eigenvalue weighted by atomic mass is 9.98. The Labute approximate surface area is 429 Å². The van der Waals surface area contributed by atoms with Crippen LogP contribution in [-0.4, -0.2) is 142 Å². The van der Waals surface area contributed by atoms with Crippen molar-refractivity contribution in [2.45, 2.75) is 319 Å². The fourth-order valence-electron chi connectivity index (χ4n) is 9.57. The van der Waals surface area contributed by atoms with Crippen molar-refractivity contribution in [3.63, 3.8) is 0 Å². The second-order valence-electron chi connectivity index (χ2n) is 20.8. The molecule has 0 radical (unpaired) electrons. The van der Waals surface area contributed by atoms with Crippen LogP contribution < -0.4 is 0 Å². The van der Waals surface area contributed by atoms with Crippen molar-refractivity contribution in [3.8, 4) is 0 Å². The highest BCUT2D eigenvalue weighted by atomic mass is 16.7. The molecular formula is C56H106O15. The normalized spacial score (nSPS) is 25.1. The second kappa shape index (κ2) is 43.7. The lowest BCUT2D eigenvalue weighted by Gasteiger charge is -2.42. The first-order valence-electron chi connectivity index (χ1n) is 29.1. The van der Waals surface area contributed by atoms with Crippen LogP contribution in [0.5, 0.6) is 0 Å². The Kier molecular flexibility index (Phi) is 40.4. The number of hydrogen-bond acceptors (Lipinski definition) is 15. The first-order chi connectivity index (χ1) is 34.5. The van der Waals surface area contributed by atoms with Gasteiger partial charge in [-0.1, -0.05) is 226 Å². The summed E-state index contributed by atoms with van der Waals surface area (Å²) in [7, 11) is 0. The Hall–Kier alpha value is -1.50. The van der Waals surface area contributed by atoms with Crippen LogP contribution in [0.2, 0.25) is 0 Å². The van der Waals surface area contributed by atoms with Crippen LogP contribution in [0.1, 0.15) is 251 Å². The van der Waals surface area contributed by atoms with Gasteiger partial charge >= 0.3 is 11.9 Å². The zero-order chi connectivity index (χ0) is 51.7. The highest BCUT2D eigenvalue weighted by molar-refractivity contribution is 5.70. The average Bonchev–Trinajstić information content (AvgIpc) is 3.36. The Morgan fingerprint density at radius 1 is 0.394 bits per heavy atom. The SMILES string of the molecule is CCCCCCCCCCCCCCCCCCCCCC(=O)OC(COC(=O)CCCCCCCCCCCCCCCCCC)COC1OC(COC2OC(CO)C(O)C(O)C2O)C(O)C(O)C1O. The third kappa shape index (κ3) is 31.2. The first-order valence-corrected chi connectivity index (χ1v) is 29.1.